The van der Waals surface area contributed by atoms with Gasteiger partial charge in [0.1, 0.15) is 6.61 Å². The molecule has 9 nitrogen and oxygen atoms in total. The number of phosphoric ester groups is 1. The second-order valence-electron chi connectivity index (χ2n) is 13.1. The lowest BCUT2D eigenvalue weighted by Gasteiger charge is -2.19. The van der Waals surface area contributed by atoms with E-state index in [1.54, 1.807) is 0 Å². The van der Waals surface area contributed by atoms with Crippen LogP contribution >= 0.6 is 7.82 Å². The zero-order valence-electron chi connectivity index (χ0n) is 33.2. The van der Waals surface area contributed by atoms with Crippen molar-refractivity contribution in [1.82, 2.24) is 0 Å². The maximum absolute atomic E-state index is 12.5. The number of allylic oxidation sites excluding steroid dienone is 12. The third kappa shape index (κ3) is 39.0. The van der Waals surface area contributed by atoms with E-state index >= 15 is 0 Å². The Balaban J connectivity index is 4.33. The molecule has 0 aliphatic rings. The third-order valence-corrected chi connectivity index (χ3v) is 9.05. The van der Waals surface area contributed by atoms with Crippen LogP contribution in [0.1, 0.15) is 155 Å². The van der Waals surface area contributed by atoms with E-state index in [0.717, 1.165) is 64.2 Å². The molecule has 0 saturated heterocycles. The molecule has 0 aromatic rings. The molecule has 0 spiro atoms. The average molecular weight is 764 g/mol. The largest absolute Gasteiger partial charge is 0.472 e. The van der Waals surface area contributed by atoms with Crippen LogP contribution < -0.4 is 5.73 Å². The highest BCUT2D eigenvalue weighted by molar-refractivity contribution is 7.47. The molecule has 0 rings (SSSR count). The van der Waals surface area contributed by atoms with Gasteiger partial charge in [0.2, 0.25) is 0 Å². The topological polar surface area (TPSA) is 134 Å². The maximum Gasteiger partial charge on any atom is 0.472 e. The minimum atomic E-state index is -4.39. The number of unbranched alkanes of at least 4 members (excludes halogenated alkanes) is 12. The van der Waals surface area contributed by atoms with E-state index in [0.29, 0.717) is 12.8 Å². The fourth-order valence-corrected chi connectivity index (χ4v) is 5.77. The summed E-state index contributed by atoms with van der Waals surface area (Å²) in [5.74, 6) is -0.918. The number of hydrogen-bond donors (Lipinski definition) is 2. The van der Waals surface area contributed by atoms with E-state index in [1.807, 2.05) is 6.08 Å². The summed E-state index contributed by atoms with van der Waals surface area (Å²) in [6, 6.07) is 0. The molecular weight excluding hydrogens is 689 g/mol. The molecule has 0 fully saturated rings. The van der Waals surface area contributed by atoms with Gasteiger partial charge >= 0.3 is 19.8 Å². The highest BCUT2D eigenvalue weighted by Crippen LogP contribution is 2.43. The van der Waals surface area contributed by atoms with Crippen LogP contribution in [-0.2, 0) is 32.7 Å². The second-order valence-corrected chi connectivity index (χ2v) is 14.6. The summed E-state index contributed by atoms with van der Waals surface area (Å²) in [7, 11) is -4.39. The molecule has 0 aromatic heterocycles. The molecular formula is C43H74NO8P. The van der Waals surface area contributed by atoms with Gasteiger partial charge in [-0.2, -0.15) is 0 Å². The SMILES string of the molecule is CCCCCC=CCC=CCC=CCC=CCCCC(=O)OCC(COP(=O)(O)OCCN)OC(=O)CCCCCCCC=CCC=CCCCCC. The first kappa shape index (κ1) is 50.5. The van der Waals surface area contributed by atoms with Crippen molar-refractivity contribution in [2.24, 2.45) is 5.73 Å². The normalized spacial score (nSPS) is 14.1. The summed E-state index contributed by atoms with van der Waals surface area (Å²) in [6.07, 6.45) is 46.5. The molecule has 2 atom stereocenters. The van der Waals surface area contributed by atoms with E-state index in [4.69, 9.17) is 24.3 Å². The summed E-state index contributed by atoms with van der Waals surface area (Å²) >= 11 is 0. The minimum Gasteiger partial charge on any atom is -0.462 e. The maximum atomic E-state index is 12.5. The van der Waals surface area contributed by atoms with Gasteiger partial charge in [0.25, 0.3) is 0 Å². The van der Waals surface area contributed by atoms with E-state index in [-0.39, 0.29) is 32.6 Å². The molecule has 0 radical (unpaired) electrons. The molecule has 0 saturated carbocycles. The standard InChI is InChI=1S/C43H74NO8P/c1-3-5-7-9-11-13-15-17-19-20-22-23-25-27-29-31-33-35-42(45)49-39-41(40-51-53(47,48)50-38-37-44)52-43(46)36-34-32-30-28-26-24-21-18-16-14-12-10-8-6-4-2/h11-14,17-19,21-23,27,29,41H,3-10,15-16,20,24-26,28,30-40,44H2,1-2H3,(H,47,48). The molecule has 0 aliphatic heterocycles. The number of phosphoric acid groups is 1. The first-order chi connectivity index (χ1) is 25.8. The number of nitrogens with two attached hydrogens (primary N) is 1. The Bertz CT molecular complexity index is 1100. The van der Waals surface area contributed by atoms with Gasteiger partial charge < -0.3 is 20.1 Å². The Labute approximate surface area is 322 Å². The van der Waals surface area contributed by atoms with Crippen molar-refractivity contribution in [3.05, 3.63) is 72.9 Å². The van der Waals surface area contributed by atoms with Gasteiger partial charge in [0.15, 0.2) is 6.10 Å². The Morgan fingerprint density at radius 3 is 1.51 bits per heavy atom. The van der Waals surface area contributed by atoms with Crippen LogP contribution in [0.3, 0.4) is 0 Å². The number of esters is 2. The lowest BCUT2D eigenvalue weighted by molar-refractivity contribution is -0.161. The second kappa shape index (κ2) is 39.2. The summed E-state index contributed by atoms with van der Waals surface area (Å²) in [5, 5.41) is 0. The van der Waals surface area contributed by atoms with E-state index in [9.17, 15) is 19.0 Å². The van der Waals surface area contributed by atoms with Crippen molar-refractivity contribution in [2.75, 3.05) is 26.4 Å². The molecule has 0 heterocycles. The lowest BCUT2D eigenvalue weighted by atomic mass is 10.1. The molecule has 10 heteroatoms. The van der Waals surface area contributed by atoms with Gasteiger partial charge in [-0.05, 0) is 83.5 Å². The third-order valence-electron chi connectivity index (χ3n) is 8.06. The number of ether oxygens (including phenoxy) is 2. The zero-order valence-corrected chi connectivity index (χ0v) is 34.1. The van der Waals surface area contributed by atoms with Crippen molar-refractivity contribution in [2.45, 2.75) is 161 Å². The van der Waals surface area contributed by atoms with Crippen LogP contribution in [0, 0.1) is 0 Å². The molecule has 0 amide bonds. The number of carbonyl (C=O) groups is 2. The van der Waals surface area contributed by atoms with Crippen molar-refractivity contribution in [3.8, 4) is 0 Å². The Morgan fingerprint density at radius 1 is 0.566 bits per heavy atom. The van der Waals surface area contributed by atoms with Gasteiger partial charge in [0, 0.05) is 19.4 Å². The van der Waals surface area contributed by atoms with Gasteiger partial charge in [-0.15, -0.1) is 0 Å². The first-order valence-electron chi connectivity index (χ1n) is 20.4. The van der Waals surface area contributed by atoms with Crippen LogP contribution in [0.15, 0.2) is 72.9 Å². The highest BCUT2D eigenvalue weighted by Gasteiger charge is 2.25. The summed E-state index contributed by atoms with van der Waals surface area (Å²) in [5.41, 5.74) is 5.33. The minimum absolute atomic E-state index is 0.0402. The molecule has 0 aromatic carbocycles. The van der Waals surface area contributed by atoms with Crippen LogP contribution in [-0.4, -0.2) is 49.3 Å². The van der Waals surface area contributed by atoms with Gasteiger partial charge in [-0.25, -0.2) is 4.57 Å². The monoisotopic (exact) mass is 764 g/mol. The van der Waals surface area contributed by atoms with E-state index in [2.05, 4.69) is 80.7 Å². The number of carbonyl (C=O) groups excluding carboxylic acids is 2. The molecule has 0 aliphatic carbocycles. The van der Waals surface area contributed by atoms with Gasteiger partial charge in [-0.3, -0.25) is 18.6 Å². The lowest BCUT2D eigenvalue weighted by Crippen LogP contribution is -2.29. The Morgan fingerprint density at radius 2 is 1.00 bits per heavy atom. The molecule has 0 bridgehead atoms. The van der Waals surface area contributed by atoms with E-state index < -0.39 is 32.5 Å². The van der Waals surface area contributed by atoms with Gasteiger partial charge in [-0.1, -0.05) is 132 Å². The molecule has 304 valence electrons. The Kier molecular flexibility index (Phi) is 37.3. The predicted octanol–water partition coefficient (Wildman–Crippen LogP) is 11.5. The summed E-state index contributed by atoms with van der Waals surface area (Å²) in [6.45, 7) is 3.57. The van der Waals surface area contributed by atoms with Crippen LogP contribution in [0.25, 0.3) is 0 Å². The first-order valence-corrected chi connectivity index (χ1v) is 21.9. The fourth-order valence-electron chi connectivity index (χ4n) is 5.01. The van der Waals surface area contributed by atoms with E-state index in [1.165, 1.54) is 51.4 Å². The highest BCUT2D eigenvalue weighted by atomic mass is 31.2. The van der Waals surface area contributed by atoms with Crippen LogP contribution in [0.2, 0.25) is 0 Å². The van der Waals surface area contributed by atoms with Crippen molar-refractivity contribution in [3.63, 3.8) is 0 Å². The predicted molar refractivity (Wildman–Crippen MR) is 219 cm³/mol. The van der Waals surface area contributed by atoms with Crippen LogP contribution in [0.5, 0.6) is 0 Å². The van der Waals surface area contributed by atoms with Crippen molar-refractivity contribution >= 4 is 19.8 Å². The summed E-state index contributed by atoms with van der Waals surface area (Å²) < 4.78 is 32.6. The average Bonchev–Trinajstić information content (AvgIpc) is 3.14. The fraction of sp³-hybridized carbons (Fsp3) is 0.674. The molecule has 2 unspecified atom stereocenters. The molecule has 3 N–H and O–H groups in total. The van der Waals surface area contributed by atoms with Gasteiger partial charge in [0.05, 0.1) is 13.2 Å². The number of hydrogen-bond acceptors (Lipinski definition) is 8. The van der Waals surface area contributed by atoms with Crippen molar-refractivity contribution in [1.29, 1.82) is 0 Å². The number of rotatable bonds is 37. The molecule has 53 heavy (non-hydrogen) atoms. The quantitative estimate of drug-likeness (QED) is 0.0274. The van der Waals surface area contributed by atoms with Crippen molar-refractivity contribution < 1.29 is 37.6 Å². The zero-order chi connectivity index (χ0) is 38.9. The Hall–Kier alpha value is -2.55. The summed E-state index contributed by atoms with van der Waals surface area (Å²) in [4.78, 5) is 34.8. The smallest absolute Gasteiger partial charge is 0.462 e. The van der Waals surface area contributed by atoms with Crippen LogP contribution in [0.4, 0.5) is 0 Å².